The highest BCUT2D eigenvalue weighted by molar-refractivity contribution is 7.99. The first-order valence-electron chi connectivity index (χ1n) is 9.20. The van der Waals surface area contributed by atoms with E-state index in [4.69, 9.17) is 5.84 Å². The van der Waals surface area contributed by atoms with E-state index >= 15 is 0 Å². The normalized spacial score (nSPS) is 11.4. The van der Waals surface area contributed by atoms with Crippen LogP contribution in [0.5, 0.6) is 0 Å². The average Bonchev–Trinajstić information content (AvgIpc) is 3.05. The first kappa shape index (κ1) is 20.9. The van der Waals surface area contributed by atoms with Crippen molar-refractivity contribution in [2.75, 3.05) is 11.6 Å². The van der Waals surface area contributed by atoms with Crippen molar-refractivity contribution in [3.05, 3.63) is 66.0 Å². The number of amides is 1. The van der Waals surface area contributed by atoms with Crippen LogP contribution in [0, 0.1) is 5.82 Å². The highest BCUT2D eigenvalue weighted by atomic mass is 32.2. The summed E-state index contributed by atoms with van der Waals surface area (Å²) in [6.45, 7) is 6.51. The van der Waals surface area contributed by atoms with Crippen LogP contribution in [0.2, 0.25) is 0 Å². The average molecular weight is 414 g/mol. The second kappa shape index (κ2) is 8.65. The molecule has 0 saturated heterocycles. The molecular formula is C21H24FN5OS. The molecule has 1 amide bonds. The Morgan fingerprint density at radius 3 is 2.41 bits per heavy atom. The minimum absolute atomic E-state index is 0.0400. The minimum Gasteiger partial charge on any atom is -0.335 e. The molecular weight excluding hydrogens is 389 g/mol. The summed E-state index contributed by atoms with van der Waals surface area (Å²) in [5.74, 6) is 5.95. The monoisotopic (exact) mass is 413 g/mol. The molecule has 3 rings (SSSR count). The minimum atomic E-state index is -0.430. The fourth-order valence-electron chi connectivity index (χ4n) is 2.87. The van der Waals surface area contributed by atoms with Crippen LogP contribution in [-0.2, 0) is 11.3 Å². The van der Waals surface area contributed by atoms with Crippen LogP contribution in [0.25, 0.3) is 11.4 Å². The van der Waals surface area contributed by atoms with E-state index < -0.39 is 5.82 Å². The Morgan fingerprint density at radius 1 is 1.10 bits per heavy atom. The summed E-state index contributed by atoms with van der Waals surface area (Å²) < 4.78 is 15.2. The summed E-state index contributed by atoms with van der Waals surface area (Å²) >= 11 is 1.18. The number of nitrogens with zero attached hydrogens (tertiary/aromatic N) is 4. The first-order chi connectivity index (χ1) is 13.8. The number of hydrogen-bond acceptors (Lipinski definition) is 5. The molecule has 2 N–H and O–H groups in total. The van der Waals surface area contributed by atoms with Crippen LogP contribution >= 0.6 is 11.8 Å². The Kier molecular flexibility index (Phi) is 6.22. The van der Waals surface area contributed by atoms with Crippen molar-refractivity contribution in [1.29, 1.82) is 0 Å². The van der Waals surface area contributed by atoms with Crippen LogP contribution in [-0.4, -0.2) is 37.0 Å². The molecule has 1 heterocycles. The van der Waals surface area contributed by atoms with Crippen LogP contribution in [0.15, 0.2) is 59.8 Å². The molecule has 8 heteroatoms. The number of benzene rings is 2. The van der Waals surface area contributed by atoms with E-state index in [1.165, 1.54) is 22.5 Å². The first-order valence-corrected chi connectivity index (χ1v) is 10.2. The van der Waals surface area contributed by atoms with E-state index in [-0.39, 0.29) is 28.6 Å². The zero-order valence-electron chi connectivity index (χ0n) is 16.7. The molecule has 0 radical (unpaired) electrons. The molecule has 0 fully saturated rings. The van der Waals surface area contributed by atoms with Gasteiger partial charge in [-0.15, -0.1) is 10.2 Å². The second-order valence-electron chi connectivity index (χ2n) is 7.58. The lowest BCUT2D eigenvalue weighted by Crippen LogP contribution is -2.46. The van der Waals surface area contributed by atoms with Crippen molar-refractivity contribution in [1.82, 2.24) is 19.8 Å². The number of thioether (sulfide) groups is 1. The van der Waals surface area contributed by atoms with Crippen molar-refractivity contribution in [2.24, 2.45) is 0 Å². The fourth-order valence-corrected chi connectivity index (χ4v) is 3.60. The maximum Gasteiger partial charge on any atom is 0.233 e. The number of hydrogen-bond donors (Lipinski definition) is 1. The van der Waals surface area contributed by atoms with Gasteiger partial charge in [0.25, 0.3) is 0 Å². The van der Waals surface area contributed by atoms with E-state index in [0.29, 0.717) is 11.7 Å². The maximum atomic E-state index is 14.0. The van der Waals surface area contributed by atoms with Gasteiger partial charge in [-0.3, -0.25) is 4.79 Å². The van der Waals surface area contributed by atoms with Gasteiger partial charge in [-0.2, -0.15) is 0 Å². The van der Waals surface area contributed by atoms with Gasteiger partial charge in [-0.1, -0.05) is 54.2 Å². The summed E-state index contributed by atoms with van der Waals surface area (Å²) in [5, 5.41) is 8.36. The van der Waals surface area contributed by atoms with Gasteiger partial charge < -0.3 is 10.7 Å². The largest absolute Gasteiger partial charge is 0.335 e. The topological polar surface area (TPSA) is 77.0 Å². The number of carbonyl (C=O) groups excluding carboxylic acids is 1. The lowest BCUT2D eigenvalue weighted by Gasteiger charge is -2.36. The maximum absolute atomic E-state index is 14.0. The molecule has 0 atom stereocenters. The molecule has 3 aromatic rings. The summed E-state index contributed by atoms with van der Waals surface area (Å²) in [5.41, 5.74) is 0.980. The Hall–Kier alpha value is -2.87. The zero-order chi connectivity index (χ0) is 21.0. The molecule has 1 aromatic heterocycles. The smallest absolute Gasteiger partial charge is 0.233 e. The highest BCUT2D eigenvalue weighted by Gasteiger charge is 2.27. The lowest BCUT2D eigenvalue weighted by atomic mass is 10.0. The van der Waals surface area contributed by atoms with Gasteiger partial charge in [0.1, 0.15) is 5.82 Å². The van der Waals surface area contributed by atoms with E-state index in [0.717, 1.165) is 5.56 Å². The Labute approximate surface area is 173 Å². The van der Waals surface area contributed by atoms with Gasteiger partial charge in [0.05, 0.1) is 11.3 Å². The third-order valence-corrected chi connectivity index (χ3v) is 5.33. The summed E-state index contributed by atoms with van der Waals surface area (Å²) in [6, 6.07) is 16.1. The van der Waals surface area contributed by atoms with E-state index in [1.54, 1.807) is 18.2 Å². The summed E-state index contributed by atoms with van der Waals surface area (Å²) in [6.07, 6.45) is 0. The Morgan fingerprint density at radius 2 is 1.76 bits per heavy atom. The van der Waals surface area contributed by atoms with E-state index in [1.807, 2.05) is 56.0 Å². The Bertz CT molecular complexity index is 984. The van der Waals surface area contributed by atoms with Gasteiger partial charge in [-0.25, -0.2) is 9.07 Å². The molecule has 0 aliphatic rings. The molecule has 29 heavy (non-hydrogen) atoms. The molecule has 0 spiro atoms. The molecule has 2 aromatic carbocycles. The predicted octanol–water partition coefficient (Wildman–Crippen LogP) is 3.72. The number of nitrogens with two attached hydrogens (primary N) is 1. The number of aromatic nitrogens is 3. The fraction of sp³-hybridized carbons (Fsp3) is 0.286. The van der Waals surface area contributed by atoms with Crippen LogP contribution in [0.1, 0.15) is 26.3 Å². The zero-order valence-corrected chi connectivity index (χ0v) is 17.5. The van der Waals surface area contributed by atoms with E-state index in [9.17, 15) is 9.18 Å². The third-order valence-electron chi connectivity index (χ3n) is 4.40. The standard InChI is InChI=1S/C21H24FN5OS/c1-21(2,3)26(13-15-9-5-4-6-10-15)18(28)14-29-20-25-24-19(27(20)23)16-11-7-8-12-17(16)22/h4-12H,13-14,23H2,1-3H3. The molecule has 0 saturated carbocycles. The lowest BCUT2D eigenvalue weighted by molar-refractivity contribution is -0.133. The summed E-state index contributed by atoms with van der Waals surface area (Å²) in [7, 11) is 0. The van der Waals surface area contributed by atoms with Crippen LogP contribution in [0.3, 0.4) is 0 Å². The second-order valence-corrected chi connectivity index (χ2v) is 8.52. The number of nitrogen functional groups attached to an aromatic ring is 1. The SMILES string of the molecule is CC(C)(C)N(Cc1ccccc1)C(=O)CSc1nnc(-c2ccccc2F)n1N. The van der Waals surface area contributed by atoms with Crippen LogP contribution < -0.4 is 5.84 Å². The predicted molar refractivity (Wildman–Crippen MR) is 113 cm³/mol. The van der Waals surface area contributed by atoms with Gasteiger partial charge in [0, 0.05) is 12.1 Å². The Balaban J connectivity index is 1.73. The third kappa shape index (κ3) is 4.95. The van der Waals surface area contributed by atoms with Crippen molar-refractivity contribution >= 4 is 17.7 Å². The number of carbonyl (C=O) groups is 1. The molecule has 0 aliphatic heterocycles. The van der Waals surface area contributed by atoms with Crippen molar-refractivity contribution in [3.63, 3.8) is 0 Å². The molecule has 0 aliphatic carbocycles. The quantitative estimate of drug-likeness (QED) is 0.492. The van der Waals surface area contributed by atoms with Gasteiger partial charge >= 0.3 is 0 Å². The number of halogens is 1. The summed E-state index contributed by atoms with van der Waals surface area (Å²) in [4.78, 5) is 14.8. The van der Waals surface area contributed by atoms with E-state index in [2.05, 4.69) is 10.2 Å². The molecule has 0 bridgehead atoms. The van der Waals surface area contributed by atoms with Gasteiger partial charge in [-0.05, 0) is 38.5 Å². The molecule has 0 unspecified atom stereocenters. The van der Waals surface area contributed by atoms with Crippen molar-refractivity contribution in [3.8, 4) is 11.4 Å². The van der Waals surface area contributed by atoms with Gasteiger partial charge in [0.2, 0.25) is 11.1 Å². The highest BCUT2D eigenvalue weighted by Crippen LogP contribution is 2.25. The van der Waals surface area contributed by atoms with Crippen LogP contribution in [0.4, 0.5) is 4.39 Å². The van der Waals surface area contributed by atoms with Crippen molar-refractivity contribution in [2.45, 2.75) is 38.0 Å². The van der Waals surface area contributed by atoms with Gasteiger partial charge in [0.15, 0.2) is 5.82 Å². The van der Waals surface area contributed by atoms with Crippen molar-refractivity contribution < 1.29 is 9.18 Å². The number of rotatable bonds is 6. The molecule has 152 valence electrons. The molecule has 6 nitrogen and oxygen atoms in total.